The van der Waals surface area contributed by atoms with E-state index in [0.717, 1.165) is 37.1 Å². The average molecular weight is 293 g/mol. The van der Waals surface area contributed by atoms with Crippen molar-refractivity contribution in [3.8, 4) is 0 Å². The molecule has 1 aromatic rings. The molecule has 0 aliphatic carbocycles. The average Bonchev–Trinajstić information content (AvgIpc) is 2.47. The van der Waals surface area contributed by atoms with E-state index in [0.29, 0.717) is 13.2 Å². The molecule has 21 heavy (non-hydrogen) atoms. The summed E-state index contributed by atoms with van der Waals surface area (Å²) in [5.41, 5.74) is 0.142. The van der Waals surface area contributed by atoms with Crippen molar-refractivity contribution in [3.63, 3.8) is 0 Å². The molecule has 0 unspecified atom stereocenters. The Labute approximate surface area is 127 Å². The monoisotopic (exact) mass is 293 g/mol. The van der Waals surface area contributed by atoms with E-state index in [-0.39, 0.29) is 5.54 Å². The second-order valence-corrected chi connectivity index (χ2v) is 6.07. The topological polar surface area (TPSA) is 53.5 Å². The summed E-state index contributed by atoms with van der Waals surface area (Å²) in [6, 6.07) is 2.01. The van der Waals surface area contributed by atoms with Gasteiger partial charge in [0.25, 0.3) is 0 Å². The van der Waals surface area contributed by atoms with Crippen molar-refractivity contribution in [3.05, 3.63) is 11.9 Å². The normalized spacial score (nSPS) is 18.8. The minimum atomic E-state index is 0.142. The van der Waals surface area contributed by atoms with E-state index in [1.54, 1.807) is 0 Å². The van der Waals surface area contributed by atoms with Crippen molar-refractivity contribution in [1.29, 1.82) is 0 Å². The third-order valence-electron chi connectivity index (χ3n) is 4.09. The Bertz CT molecular complexity index is 477. The van der Waals surface area contributed by atoms with Gasteiger partial charge in [-0.15, -0.1) is 0 Å². The standard InChI is InChI=1S/C15H27N5O/c1-6-21-10-13-17-12(16-4)9-14(18-13)20-8-7-19(5)15(2,3)11-20/h9H,6-8,10-11H2,1-5H3,(H,16,17,18). The maximum absolute atomic E-state index is 5.44. The van der Waals surface area contributed by atoms with Crippen LogP contribution in [-0.2, 0) is 11.3 Å². The van der Waals surface area contributed by atoms with Crippen LogP contribution in [0.4, 0.5) is 11.6 Å². The van der Waals surface area contributed by atoms with Gasteiger partial charge in [0.15, 0.2) is 5.82 Å². The zero-order valence-corrected chi connectivity index (χ0v) is 13.8. The van der Waals surface area contributed by atoms with Crippen LogP contribution in [0.1, 0.15) is 26.6 Å². The van der Waals surface area contributed by atoms with Crippen molar-refractivity contribution in [2.24, 2.45) is 0 Å². The first-order chi connectivity index (χ1) is 9.96. The summed E-state index contributed by atoms with van der Waals surface area (Å²) >= 11 is 0. The third kappa shape index (κ3) is 3.83. The maximum Gasteiger partial charge on any atom is 0.158 e. The molecule has 1 aromatic heterocycles. The molecule has 0 bridgehead atoms. The number of piperazine rings is 1. The van der Waals surface area contributed by atoms with Crippen LogP contribution in [0.3, 0.4) is 0 Å². The Morgan fingerprint density at radius 1 is 1.33 bits per heavy atom. The minimum absolute atomic E-state index is 0.142. The molecule has 1 saturated heterocycles. The van der Waals surface area contributed by atoms with Crippen LogP contribution < -0.4 is 10.2 Å². The first-order valence-electron chi connectivity index (χ1n) is 7.56. The van der Waals surface area contributed by atoms with Gasteiger partial charge in [-0.2, -0.15) is 0 Å². The fourth-order valence-corrected chi connectivity index (χ4v) is 2.47. The first kappa shape index (κ1) is 16.0. The second-order valence-electron chi connectivity index (χ2n) is 6.07. The predicted molar refractivity (Wildman–Crippen MR) is 85.8 cm³/mol. The summed E-state index contributed by atoms with van der Waals surface area (Å²) in [7, 11) is 4.06. The largest absolute Gasteiger partial charge is 0.374 e. The molecule has 0 saturated carbocycles. The highest BCUT2D eigenvalue weighted by Crippen LogP contribution is 2.24. The highest BCUT2D eigenvalue weighted by atomic mass is 16.5. The molecule has 2 rings (SSSR count). The van der Waals surface area contributed by atoms with Crippen molar-refractivity contribution in [2.45, 2.75) is 32.9 Å². The number of rotatable bonds is 5. The fraction of sp³-hybridized carbons (Fsp3) is 0.733. The highest BCUT2D eigenvalue weighted by molar-refractivity contribution is 5.50. The minimum Gasteiger partial charge on any atom is -0.374 e. The van der Waals surface area contributed by atoms with E-state index in [1.807, 2.05) is 20.0 Å². The molecule has 0 aromatic carbocycles. The molecule has 0 radical (unpaired) electrons. The number of hydrogen-bond donors (Lipinski definition) is 1. The van der Waals surface area contributed by atoms with Crippen molar-refractivity contribution in [1.82, 2.24) is 14.9 Å². The van der Waals surface area contributed by atoms with E-state index in [4.69, 9.17) is 4.74 Å². The molecule has 0 spiro atoms. The van der Waals surface area contributed by atoms with Gasteiger partial charge in [0, 0.05) is 44.9 Å². The van der Waals surface area contributed by atoms with Gasteiger partial charge in [0.2, 0.25) is 0 Å². The van der Waals surface area contributed by atoms with Crippen LogP contribution in [0.25, 0.3) is 0 Å². The van der Waals surface area contributed by atoms with Gasteiger partial charge in [-0.05, 0) is 27.8 Å². The van der Waals surface area contributed by atoms with Crippen molar-refractivity contribution < 1.29 is 4.74 Å². The van der Waals surface area contributed by atoms with E-state index in [1.165, 1.54) is 0 Å². The smallest absolute Gasteiger partial charge is 0.158 e. The summed E-state index contributed by atoms with van der Waals surface area (Å²) in [5.74, 6) is 2.55. The lowest BCUT2D eigenvalue weighted by atomic mass is 10.00. The molecular formula is C15H27N5O. The molecule has 6 heteroatoms. The van der Waals surface area contributed by atoms with Crippen LogP contribution in [0, 0.1) is 0 Å². The summed E-state index contributed by atoms with van der Waals surface area (Å²) in [5, 5.41) is 3.11. The van der Waals surface area contributed by atoms with E-state index < -0.39 is 0 Å². The Balaban J connectivity index is 2.22. The number of nitrogens with zero attached hydrogens (tertiary/aromatic N) is 4. The van der Waals surface area contributed by atoms with Crippen LogP contribution in [0.15, 0.2) is 6.07 Å². The molecule has 1 aliphatic rings. The summed E-state index contributed by atoms with van der Waals surface area (Å²) in [6.45, 7) is 10.6. The SMILES string of the molecule is CCOCc1nc(NC)cc(N2CCN(C)C(C)(C)C2)n1. The summed E-state index contributed by atoms with van der Waals surface area (Å²) in [4.78, 5) is 13.8. The molecule has 0 atom stereocenters. The van der Waals surface area contributed by atoms with E-state index >= 15 is 0 Å². The van der Waals surface area contributed by atoms with Gasteiger partial charge in [-0.1, -0.05) is 0 Å². The molecule has 1 aliphatic heterocycles. The molecule has 6 nitrogen and oxygen atoms in total. The van der Waals surface area contributed by atoms with Crippen LogP contribution in [-0.4, -0.2) is 60.7 Å². The molecular weight excluding hydrogens is 266 g/mol. The van der Waals surface area contributed by atoms with Gasteiger partial charge < -0.3 is 15.0 Å². The molecule has 0 amide bonds. The van der Waals surface area contributed by atoms with Crippen LogP contribution in [0.5, 0.6) is 0 Å². The fourth-order valence-electron chi connectivity index (χ4n) is 2.47. The number of hydrogen-bond acceptors (Lipinski definition) is 6. The molecule has 2 heterocycles. The Morgan fingerprint density at radius 2 is 2.10 bits per heavy atom. The maximum atomic E-state index is 5.44. The van der Waals surface area contributed by atoms with Gasteiger partial charge in [0.05, 0.1) is 0 Å². The second kappa shape index (κ2) is 6.58. The summed E-state index contributed by atoms with van der Waals surface area (Å²) < 4.78 is 5.44. The lowest BCUT2D eigenvalue weighted by molar-refractivity contribution is 0.127. The molecule has 1 N–H and O–H groups in total. The first-order valence-corrected chi connectivity index (χ1v) is 7.56. The van der Waals surface area contributed by atoms with Crippen molar-refractivity contribution in [2.75, 3.05) is 50.6 Å². The van der Waals surface area contributed by atoms with Crippen LogP contribution >= 0.6 is 0 Å². The number of ether oxygens (including phenoxy) is 1. The van der Waals surface area contributed by atoms with Gasteiger partial charge in [-0.25, -0.2) is 9.97 Å². The van der Waals surface area contributed by atoms with Gasteiger partial charge in [0.1, 0.15) is 18.2 Å². The summed E-state index contributed by atoms with van der Waals surface area (Å²) in [6.07, 6.45) is 0. The molecule has 1 fully saturated rings. The van der Waals surface area contributed by atoms with Crippen LogP contribution in [0.2, 0.25) is 0 Å². The lowest BCUT2D eigenvalue weighted by Gasteiger charge is -2.45. The predicted octanol–water partition coefficient (Wildman–Crippen LogP) is 1.59. The number of anilines is 2. The Kier molecular flexibility index (Phi) is 5.00. The van der Waals surface area contributed by atoms with Crippen molar-refractivity contribution >= 4 is 11.6 Å². The number of aromatic nitrogens is 2. The van der Waals surface area contributed by atoms with E-state index in [2.05, 4.69) is 46.0 Å². The third-order valence-corrected chi connectivity index (χ3v) is 4.09. The van der Waals surface area contributed by atoms with Gasteiger partial charge >= 0.3 is 0 Å². The number of likely N-dealkylation sites (N-methyl/N-ethyl adjacent to an activating group) is 1. The Hall–Kier alpha value is -1.40. The molecule has 118 valence electrons. The van der Waals surface area contributed by atoms with Gasteiger partial charge in [-0.3, -0.25) is 4.90 Å². The zero-order chi connectivity index (χ0) is 15.5. The number of nitrogens with one attached hydrogen (secondary N) is 1. The highest BCUT2D eigenvalue weighted by Gasteiger charge is 2.31. The van der Waals surface area contributed by atoms with E-state index in [9.17, 15) is 0 Å². The Morgan fingerprint density at radius 3 is 2.71 bits per heavy atom. The zero-order valence-electron chi connectivity index (χ0n) is 13.8. The lowest BCUT2D eigenvalue weighted by Crippen LogP contribution is -2.57. The quantitative estimate of drug-likeness (QED) is 0.889.